The largest absolute Gasteiger partial charge is 0.399 e. The van der Waals surface area contributed by atoms with Gasteiger partial charge in [0.1, 0.15) is 0 Å². The molecule has 1 aromatic carbocycles. The molecule has 1 aliphatic heterocycles. The van der Waals surface area contributed by atoms with E-state index in [2.05, 4.69) is 11.8 Å². The van der Waals surface area contributed by atoms with Gasteiger partial charge in [-0.05, 0) is 31.2 Å². The number of nitrogens with two attached hydrogens (primary N) is 1. The first-order valence-electron chi connectivity index (χ1n) is 5.95. The Kier molecular flexibility index (Phi) is 3.22. The van der Waals surface area contributed by atoms with Crippen molar-refractivity contribution in [3.05, 3.63) is 24.3 Å². The first kappa shape index (κ1) is 11.8. The molecule has 1 fully saturated rings. The number of nitrogens with zero attached hydrogens (tertiary/aromatic N) is 2. The summed E-state index contributed by atoms with van der Waals surface area (Å²) in [6, 6.07) is 8.16. The Morgan fingerprint density at radius 2 is 1.94 bits per heavy atom. The van der Waals surface area contributed by atoms with Crippen LogP contribution in [-0.2, 0) is 4.79 Å². The van der Waals surface area contributed by atoms with Crippen molar-refractivity contribution in [2.75, 3.05) is 30.3 Å². The van der Waals surface area contributed by atoms with Crippen LogP contribution in [0.25, 0.3) is 0 Å². The number of amides is 1. The van der Waals surface area contributed by atoms with E-state index >= 15 is 0 Å². The Hall–Kier alpha value is -1.71. The van der Waals surface area contributed by atoms with Crippen LogP contribution in [0.2, 0.25) is 0 Å². The van der Waals surface area contributed by atoms with Crippen LogP contribution in [0.15, 0.2) is 24.3 Å². The fraction of sp³-hybridized carbons (Fsp3) is 0.462. The minimum Gasteiger partial charge on any atom is -0.399 e. The number of hydrogen-bond donors (Lipinski definition) is 1. The van der Waals surface area contributed by atoms with Gasteiger partial charge in [0.05, 0.1) is 0 Å². The zero-order valence-electron chi connectivity index (χ0n) is 10.4. The molecule has 1 heterocycles. The van der Waals surface area contributed by atoms with Crippen molar-refractivity contribution in [2.45, 2.75) is 19.9 Å². The summed E-state index contributed by atoms with van der Waals surface area (Å²) in [5.74, 6) is 0.162. The number of nitrogen functional groups attached to an aromatic ring is 1. The second-order valence-corrected chi connectivity index (χ2v) is 4.60. The third kappa shape index (κ3) is 2.52. The Balaban J connectivity index is 2.06. The van der Waals surface area contributed by atoms with Crippen LogP contribution < -0.4 is 10.6 Å². The van der Waals surface area contributed by atoms with Crippen LogP contribution >= 0.6 is 0 Å². The molecule has 1 amide bonds. The van der Waals surface area contributed by atoms with Crippen LogP contribution in [0.4, 0.5) is 11.4 Å². The van der Waals surface area contributed by atoms with Gasteiger partial charge in [0.25, 0.3) is 0 Å². The van der Waals surface area contributed by atoms with E-state index in [0.717, 1.165) is 25.3 Å². The van der Waals surface area contributed by atoms with Crippen molar-refractivity contribution in [2.24, 2.45) is 0 Å². The van der Waals surface area contributed by atoms with Crippen molar-refractivity contribution >= 4 is 17.3 Å². The Bertz CT molecular complexity index is 402. The summed E-state index contributed by atoms with van der Waals surface area (Å²) in [6.07, 6.45) is 0. The number of hydrogen-bond acceptors (Lipinski definition) is 3. The molecule has 2 rings (SSSR count). The first-order valence-corrected chi connectivity index (χ1v) is 5.95. The van der Waals surface area contributed by atoms with Crippen molar-refractivity contribution < 1.29 is 4.79 Å². The fourth-order valence-electron chi connectivity index (χ4n) is 2.35. The Morgan fingerprint density at radius 3 is 2.47 bits per heavy atom. The lowest BCUT2D eigenvalue weighted by molar-refractivity contribution is -0.131. The molecule has 4 nitrogen and oxygen atoms in total. The van der Waals surface area contributed by atoms with Crippen molar-refractivity contribution in [1.29, 1.82) is 0 Å². The molecule has 1 unspecified atom stereocenters. The number of carbonyl (C=O) groups is 1. The highest BCUT2D eigenvalue weighted by atomic mass is 16.2. The van der Waals surface area contributed by atoms with Gasteiger partial charge in [-0.1, -0.05) is 0 Å². The van der Waals surface area contributed by atoms with E-state index in [1.165, 1.54) is 5.69 Å². The highest BCUT2D eigenvalue weighted by molar-refractivity contribution is 5.74. The lowest BCUT2D eigenvalue weighted by Gasteiger charge is -2.40. The van der Waals surface area contributed by atoms with Gasteiger partial charge < -0.3 is 15.5 Å². The molecule has 0 bridgehead atoms. The standard InChI is InChI=1S/C13H19N3O/c1-10-9-15(7-8-16(10)11(2)17)13-5-3-12(14)4-6-13/h3-6,10H,7-9,14H2,1-2H3. The predicted octanol–water partition coefficient (Wildman–Crippen LogP) is 1.33. The predicted molar refractivity (Wildman–Crippen MR) is 69.9 cm³/mol. The molecule has 0 spiro atoms. The smallest absolute Gasteiger partial charge is 0.219 e. The highest BCUT2D eigenvalue weighted by Crippen LogP contribution is 2.20. The summed E-state index contributed by atoms with van der Waals surface area (Å²) in [4.78, 5) is 15.6. The summed E-state index contributed by atoms with van der Waals surface area (Å²) in [5, 5.41) is 0. The maximum atomic E-state index is 11.4. The SMILES string of the molecule is CC(=O)N1CCN(c2ccc(N)cc2)CC1C. The normalized spacial score (nSPS) is 20.5. The minimum atomic E-state index is 0.162. The van der Waals surface area contributed by atoms with Crippen LogP contribution in [0.1, 0.15) is 13.8 Å². The number of carbonyl (C=O) groups excluding carboxylic acids is 1. The summed E-state index contributed by atoms with van der Waals surface area (Å²) in [6.45, 7) is 6.28. The molecule has 1 saturated heterocycles. The van der Waals surface area contributed by atoms with Gasteiger partial charge in [-0.2, -0.15) is 0 Å². The van der Waals surface area contributed by atoms with Gasteiger partial charge in [0, 0.05) is 44.0 Å². The van der Waals surface area contributed by atoms with Crippen molar-refractivity contribution in [3.8, 4) is 0 Å². The number of benzene rings is 1. The lowest BCUT2D eigenvalue weighted by Crippen LogP contribution is -2.53. The van der Waals surface area contributed by atoms with E-state index in [0.29, 0.717) is 0 Å². The highest BCUT2D eigenvalue weighted by Gasteiger charge is 2.25. The van der Waals surface area contributed by atoms with Crippen LogP contribution in [-0.4, -0.2) is 36.5 Å². The zero-order valence-corrected chi connectivity index (χ0v) is 10.4. The molecule has 0 saturated carbocycles. The Labute approximate surface area is 102 Å². The van der Waals surface area contributed by atoms with E-state index < -0.39 is 0 Å². The van der Waals surface area contributed by atoms with Gasteiger partial charge in [-0.25, -0.2) is 0 Å². The average Bonchev–Trinajstić information content (AvgIpc) is 2.29. The molecule has 1 aliphatic rings. The molecule has 2 N–H and O–H groups in total. The van der Waals surface area contributed by atoms with Crippen molar-refractivity contribution in [1.82, 2.24) is 4.90 Å². The average molecular weight is 233 g/mol. The molecule has 0 radical (unpaired) electrons. The molecule has 1 aromatic rings. The van der Waals surface area contributed by atoms with E-state index in [4.69, 9.17) is 5.73 Å². The number of rotatable bonds is 1. The molecule has 0 aliphatic carbocycles. The quantitative estimate of drug-likeness (QED) is 0.744. The van der Waals surface area contributed by atoms with Crippen LogP contribution in [0.3, 0.4) is 0 Å². The van der Waals surface area contributed by atoms with Gasteiger partial charge in [0.2, 0.25) is 5.91 Å². The fourth-order valence-corrected chi connectivity index (χ4v) is 2.35. The molecule has 1 atom stereocenters. The topological polar surface area (TPSA) is 49.6 Å². The summed E-state index contributed by atoms with van der Waals surface area (Å²) in [5.41, 5.74) is 7.63. The van der Waals surface area contributed by atoms with E-state index in [1.807, 2.05) is 29.2 Å². The molecule has 0 aromatic heterocycles. The molecule has 92 valence electrons. The van der Waals surface area contributed by atoms with Crippen LogP contribution in [0.5, 0.6) is 0 Å². The second-order valence-electron chi connectivity index (χ2n) is 4.60. The summed E-state index contributed by atoms with van der Waals surface area (Å²) < 4.78 is 0. The number of piperazine rings is 1. The van der Waals surface area contributed by atoms with Crippen molar-refractivity contribution in [3.63, 3.8) is 0 Å². The van der Waals surface area contributed by atoms with E-state index in [1.54, 1.807) is 6.92 Å². The first-order chi connectivity index (χ1) is 8.08. The maximum Gasteiger partial charge on any atom is 0.219 e. The van der Waals surface area contributed by atoms with Gasteiger partial charge >= 0.3 is 0 Å². The third-order valence-electron chi connectivity index (χ3n) is 3.29. The third-order valence-corrected chi connectivity index (χ3v) is 3.29. The Morgan fingerprint density at radius 1 is 1.29 bits per heavy atom. The second kappa shape index (κ2) is 4.65. The summed E-state index contributed by atoms with van der Waals surface area (Å²) >= 11 is 0. The van der Waals surface area contributed by atoms with Gasteiger partial charge in [-0.3, -0.25) is 4.79 Å². The van der Waals surface area contributed by atoms with Crippen LogP contribution in [0, 0.1) is 0 Å². The maximum absolute atomic E-state index is 11.4. The van der Waals surface area contributed by atoms with E-state index in [-0.39, 0.29) is 11.9 Å². The zero-order chi connectivity index (χ0) is 12.4. The monoisotopic (exact) mass is 233 g/mol. The van der Waals surface area contributed by atoms with Gasteiger partial charge in [0.15, 0.2) is 0 Å². The lowest BCUT2D eigenvalue weighted by atomic mass is 10.1. The number of anilines is 2. The minimum absolute atomic E-state index is 0.162. The molecule has 4 heteroatoms. The molecular weight excluding hydrogens is 214 g/mol. The molecule has 17 heavy (non-hydrogen) atoms. The summed E-state index contributed by atoms with van der Waals surface area (Å²) in [7, 11) is 0. The van der Waals surface area contributed by atoms with Gasteiger partial charge in [-0.15, -0.1) is 0 Å². The molecular formula is C13H19N3O. The van der Waals surface area contributed by atoms with E-state index in [9.17, 15) is 4.79 Å².